The third-order valence-electron chi connectivity index (χ3n) is 3.88. The summed E-state index contributed by atoms with van der Waals surface area (Å²) in [7, 11) is 0. The molecule has 0 saturated heterocycles. The minimum absolute atomic E-state index is 0.0847. The van der Waals surface area contributed by atoms with Gasteiger partial charge in [0.15, 0.2) is 0 Å². The van der Waals surface area contributed by atoms with Gasteiger partial charge in [0.2, 0.25) is 0 Å². The van der Waals surface area contributed by atoms with Crippen LogP contribution in [0.25, 0.3) is 0 Å². The van der Waals surface area contributed by atoms with Crippen LogP contribution in [0.2, 0.25) is 0 Å². The van der Waals surface area contributed by atoms with Gasteiger partial charge in [0.1, 0.15) is 23.2 Å². The fraction of sp³-hybridized carbons (Fsp3) is 0.333. The Balaban J connectivity index is 1.79. The Kier molecular flexibility index (Phi) is 4.55. The number of nitrogens with one attached hydrogen (secondary N) is 2. The molecule has 0 saturated carbocycles. The van der Waals surface area contributed by atoms with Crippen molar-refractivity contribution < 1.29 is 14.3 Å². The predicted octanol–water partition coefficient (Wildman–Crippen LogP) is 2.03. The van der Waals surface area contributed by atoms with Crippen LogP contribution in [0.1, 0.15) is 35.3 Å². The molecule has 0 aliphatic carbocycles. The second-order valence-electron chi connectivity index (χ2n) is 5.73. The first-order valence-electron chi connectivity index (χ1n) is 7.99. The van der Waals surface area contributed by atoms with Crippen LogP contribution in [-0.2, 0) is 13.0 Å². The van der Waals surface area contributed by atoms with E-state index in [1.54, 1.807) is 6.07 Å². The molecule has 6 heteroatoms. The molecule has 1 amide bonds. The molecule has 1 aromatic carbocycles. The Hall–Kier alpha value is -2.76. The van der Waals surface area contributed by atoms with E-state index in [9.17, 15) is 9.59 Å². The molecule has 2 heterocycles. The van der Waals surface area contributed by atoms with Crippen LogP contribution in [-0.4, -0.2) is 23.6 Å². The Morgan fingerprint density at radius 2 is 2.29 bits per heavy atom. The zero-order valence-corrected chi connectivity index (χ0v) is 13.7. The average Bonchev–Trinajstić information content (AvgIpc) is 2.92. The summed E-state index contributed by atoms with van der Waals surface area (Å²) in [6.07, 6.45) is 2.48. The molecule has 1 aliphatic heterocycles. The van der Waals surface area contributed by atoms with Crippen molar-refractivity contribution in [3.8, 4) is 11.5 Å². The Morgan fingerprint density at radius 3 is 3.04 bits per heavy atom. The van der Waals surface area contributed by atoms with Crippen LogP contribution in [0, 0.1) is 0 Å². The number of benzene rings is 1. The largest absolute Gasteiger partial charge is 0.494 e. The van der Waals surface area contributed by atoms with Gasteiger partial charge in [0.05, 0.1) is 6.61 Å². The van der Waals surface area contributed by atoms with Crippen LogP contribution < -0.4 is 20.3 Å². The van der Waals surface area contributed by atoms with Crippen LogP contribution in [0.4, 0.5) is 0 Å². The summed E-state index contributed by atoms with van der Waals surface area (Å²) in [5.74, 6) is 1.14. The summed E-state index contributed by atoms with van der Waals surface area (Å²) in [4.78, 5) is 26.3. The van der Waals surface area contributed by atoms with Crippen LogP contribution >= 0.6 is 0 Å². The number of hydrogen-bond donors (Lipinski definition) is 2. The normalized spacial score (nSPS) is 15.5. The monoisotopic (exact) mass is 328 g/mol. The number of H-pyrrole nitrogens is 1. The highest BCUT2D eigenvalue weighted by Crippen LogP contribution is 2.35. The van der Waals surface area contributed by atoms with Gasteiger partial charge in [-0.05, 0) is 38.1 Å². The summed E-state index contributed by atoms with van der Waals surface area (Å²) in [5.41, 5.74) is 1.61. The molecule has 0 spiro atoms. The summed E-state index contributed by atoms with van der Waals surface area (Å²) < 4.78 is 11.5. The molecule has 1 aliphatic rings. The lowest BCUT2D eigenvalue weighted by atomic mass is 10.1. The molecule has 1 aromatic heterocycles. The van der Waals surface area contributed by atoms with Crippen LogP contribution in [0.5, 0.6) is 11.5 Å². The number of aromatic amines is 1. The van der Waals surface area contributed by atoms with Gasteiger partial charge in [-0.25, -0.2) is 0 Å². The van der Waals surface area contributed by atoms with Gasteiger partial charge in [0, 0.05) is 30.3 Å². The van der Waals surface area contributed by atoms with Crippen molar-refractivity contribution in [3.05, 3.63) is 57.5 Å². The maximum Gasteiger partial charge on any atom is 0.260 e. The van der Waals surface area contributed by atoms with E-state index in [1.807, 2.05) is 26.0 Å². The van der Waals surface area contributed by atoms with Crippen molar-refractivity contribution >= 4 is 5.91 Å². The summed E-state index contributed by atoms with van der Waals surface area (Å²) in [6, 6.07) is 6.98. The Morgan fingerprint density at radius 1 is 1.46 bits per heavy atom. The zero-order valence-electron chi connectivity index (χ0n) is 13.7. The van der Waals surface area contributed by atoms with Gasteiger partial charge in [-0.1, -0.05) is 0 Å². The lowest BCUT2D eigenvalue weighted by molar-refractivity contribution is 0.0949. The molecular formula is C18H20N2O4. The topological polar surface area (TPSA) is 80.4 Å². The maximum atomic E-state index is 12.2. The molecule has 3 rings (SSSR count). The van der Waals surface area contributed by atoms with Crippen LogP contribution in [0.3, 0.4) is 0 Å². The molecule has 2 aromatic rings. The molecule has 0 bridgehead atoms. The van der Waals surface area contributed by atoms with Crippen molar-refractivity contribution in [2.75, 3.05) is 6.61 Å². The molecule has 126 valence electrons. The van der Waals surface area contributed by atoms with Gasteiger partial charge in [0.25, 0.3) is 11.5 Å². The number of pyridine rings is 1. The van der Waals surface area contributed by atoms with Gasteiger partial charge < -0.3 is 19.8 Å². The van der Waals surface area contributed by atoms with Crippen molar-refractivity contribution in [3.63, 3.8) is 0 Å². The molecule has 1 atom stereocenters. The van der Waals surface area contributed by atoms with Gasteiger partial charge in [-0.3, -0.25) is 9.59 Å². The molecule has 6 nitrogen and oxygen atoms in total. The molecule has 24 heavy (non-hydrogen) atoms. The highest BCUT2D eigenvalue weighted by Gasteiger charge is 2.22. The summed E-state index contributed by atoms with van der Waals surface area (Å²) >= 11 is 0. The van der Waals surface area contributed by atoms with E-state index in [2.05, 4.69) is 10.3 Å². The standard InChI is InChI=1S/C18H20N2O4/c1-3-23-15-8-12-7-11(2)24-16(12)9-13(15)10-20-18(22)14-5-4-6-19-17(14)21/h4-6,8-9,11H,3,7,10H2,1-2H3,(H,19,21)(H,20,22)/t11-/m1/s1. The van der Waals surface area contributed by atoms with E-state index in [1.165, 1.54) is 12.3 Å². The van der Waals surface area contributed by atoms with Crippen LogP contribution in [0.15, 0.2) is 35.3 Å². The van der Waals surface area contributed by atoms with Crippen molar-refractivity contribution in [2.45, 2.75) is 32.9 Å². The number of hydrogen-bond acceptors (Lipinski definition) is 4. The second kappa shape index (κ2) is 6.78. The summed E-state index contributed by atoms with van der Waals surface area (Å²) in [6.45, 7) is 4.73. The molecule has 0 fully saturated rings. The van der Waals surface area contributed by atoms with Crippen molar-refractivity contribution in [1.29, 1.82) is 0 Å². The first-order chi connectivity index (χ1) is 11.6. The molecule has 2 N–H and O–H groups in total. The SMILES string of the molecule is CCOc1cc2c(cc1CNC(=O)c1ccc[nH]c1=O)O[C@H](C)C2. The van der Waals surface area contributed by atoms with Gasteiger partial charge in [-0.2, -0.15) is 0 Å². The molecule has 0 unspecified atom stereocenters. The maximum absolute atomic E-state index is 12.2. The average molecular weight is 328 g/mol. The van der Waals surface area contributed by atoms with E-state index in [-0.39, 0.29) is 18.2 Å². The van der Waals surface area contributed by atoms with Crippen molar-refractivity contribution in [1.82, 2.24) is 10.3 Å². The minimum Gasteiger partial charge on any atom is -0.494 e. The van der Waals surface area contributed by atoms with Crippen molar-refractivity contribution in [2.24, 2.45) is 0 Å². The zero-order chi connectivity index (χ0) is 17.1. The minimum atomic E-state index is -0.422. The van der Waals surface area contributed by atoms with E-state index in [4.69, 9.17) is 9.47 Å². The highest BCUT2D eigenvalue weighted by molar-refractivity contribution is 5.93. The molecule has 0 radical (unpaired) electrons. The predicted molar refractivity (Wildman–Crippen MR) is 89.6 cm³/mol. The quantitative estimate of drug-likeness (QED) is 0.880. The molecular weight excluding hydrogens is 308 g/mol. The lowest BCUT2D eigenvalue weighted by Crippen LogP contribution is -2.29. The Bertz CT molecular complexity index is 813. The number of amides is 1. The third-order valence-corrected chi connectivity index (χ3v) is 3.88. The fourth-order valence-electron chi connectivity index (χ4n) is 2.78. The summed E-state index contributed by atoms with van der Waals surface area (Å²) in [5, 5.41) is 2.76. The highest BCUT2D eigenvalue weighted by atomic mass is 16.5. The van der Waals surface area contributed by atoms with Gasteiger partial charge in [-0.15, -0.1) is 0 Å². The lowest BCUT2D eigenvalue weighted by Gasteiger charge is -2.13. The number of fused-ring (bicyclic) bond motifs is 1. The smallest absolute Gasteiger partial charge is 0.260 e. The van der Waals surface area contributed by atoms with E-state index < -0.39 is 11.5 Å². The van der Waals surface area contributed by atoms with E-state index in [0.29, 0.717) is 6.61 Å². The number of carbonyl (C=O) groups is 1. The third kappa shape index (κ3) is 3.27. The van der Waals surface area contributed by atoms with E-state index in [0.717, 1.165) is 29.0 Å². The van der Waals surface area contributed by atoms with E-state index >= 15 is 0 Å². The number of aromatic nitrogens is 1. The first-order valence-corrected chi connectivity index (χ1v) is 7.99. The Labute approximate surface area is 139 Å². The first kappa shape index (κ1) is 16.1. The number of carbonyl (C=O) groups excluding carboxylic acids is 1. The second-order valence-corrected chi connectivity index (χ2v) is 5.73. The number of ether oxygens (including phenoxy) is 2. The number of rotatable bonds is 5. The fourth-order valence-corrected chi connectivity index (χ4v) is 2.78. The van der Waals surface area contributed by atoms with Gasteiger partial charge >= 0.3 is 0 Å².